The number of carbonyl (C=O) groups is 1. The molecule has 1 atom stereocenters. The first-order chi connectivity index (χ1) is 13.4. The molecule has 1 N–H and O–H groups in total. The average molecular weight is 412 g/mol. The molecular formula is C20H30FN3O3S. The highest BCUT2D eigenvalue weighted by atomic mass is 32.2. The number of hydrogen-bond acceptors (Lipinski definition) is 4. The lowest BCUT2D eigenvalue weighted by molar-refractivity contribution is -0.127. The Bertz CT molecular complexity index is 771. The van der Waals surface area contributed by atoms with Crippen molar-refractivity contribution >= 4 is 15.9 Å². The summed E-state index contributed by atoms with van der Waals surface area (Å²) >= 11 is 0. The zero-order valence-corrected chi connectivity index (χ0v) is 17.3. The Hall–Kier alpha value is -1.51. The van der Waals surface area contributed by atoms with Gasteiger partial charge in [0.05, 0.1) is 6.04 Å². The number of nitrogens with zero attached hydrogens (tertiary/aromatic N) is 2. The molecule has 1 saturated heterocycles. The van der Waals surface area contributed by atoms with Gasteiger partial charge in [-0.2, -0.15) is 4.31 Å². The van der Waals surface area contributed by atoms with Crippen LogP contribution in [0.5, 0.6) is 0 Å². The lowest BCUT2D eigenvalue weighted by Crippen LogP contribution is -2.55. The van der Waals surface area contributed by atoms with E-state index in [9.17, 15) is 17.6 Å². The lowest BCUT2D eigenvalue weighted by atomic mass is 10.1. The molecule has 2 fully saturated rings. The minimum absolute atomic E-state index is 0.0114. The van der Waals surface area contributed by atoms with Gasteiger partial charge >= 0.3 is 0 Å². The molecule has 8 heteroatoms. The van der Waals surface area contributed by atoms with E-state index in [2.05, 4.69) is 5.32 Å². The standard InChI is InChI=1S/C20H30FN3O3S/c1-16(20(25)22-17-8-4-2-3-5-9-17)23-12-14-24(15-13-23)28(26,27)19-11-7-6-10-18(19)21/h6-7,10-11,16-17H,2-5,8-9,12-15H2,1H3,(H,22,25)/t16-/m1/s1. The normalized spacial score (nSPS) is 21.8. The minimum Gasteiger partial charge on any atom is -0.352 e. The van der Waals surface area contributed by atoms with E-state index in [1.807, 2.05) is 11.8 Å². The number of benzene rings is 1. The third-order valence-electron chi connectivity index (χ3n) is 5.86. The van der Waals surface area contributed by atoms with Gasteiger partial charge in [0.15, 0.2) is 0 Å². The van der Waals surface area contributed by atoms with E-state index < -0.39 is 15.8 Å². The second-order valence-corrected chi connectivity index (χ2v) is 9.65. The van der Waals surface area contributed by atoms with Crippen LogP contribution >= 0.6 is 0 Å². The van der Waals surface area contributed by atoms with E-state index in [4.69, 9.17) is 0 Å². The van der Waals surface area contributed by atoms with Gasteiger partial charge in [0, 0.05) is 32.2 Å². The van der Waals surface area contributed by atoms with Crippen molar-refractivity contribution in [1.82, 2.24) is 14.5 Å². The molecule has 6 nitrogen and oxygen atoms in total. The topological polar surface area (TPSA) is 69.7 Å². The van der Waals surface area contributed by atoms with Crippen molar-refractivity contribution < 1.29 is 17.6 Å². The zero-order chi connectivity index (χ0) is 20.1. The number of amides is 1. The van der Waals surface area contributed by atoms with Gasteiger partial charge in [-0.15, -0.1) is 0 Å². The predicted molar refractivity (Wildman–Crippen MR) is 106 cm³/mol. The van der Waals surface area contributed by atoms with Crippen LogP contribution in [-0.2, 0) is 14.8 Å². The molecule has 0 unspecified atom stereocenters. The molecule has 0 bridgehead atoms. The fourth-order valence-electron chi connectivity index (χ4n) is 4.04. The van der Waals surface area contributed by atoms with E-state index >= 15 is 0 Å². The SMILES string of the molecule is C[C@H](C(=O)NC1CCCCCC1)N1CCN(S(=O)(=O)c2ccccc2F)CC1. The third-order valence-corrected chi connectivity index (χ3v) is 7.79. The van der Waals surface area contributed by atoms with Crippen LogP contribution in [0.4, 0.5) is 4.39 Å². The average Bonchev–Trinajstić information content (AvgIpc) is 2.96. The highest BCUT2D eigenvalue weighted by Gasteiger charge is 2.33. The van der Waals surface area contributed by atoms with Crippen LogP contribution in [0.2, 0.25) is 0 Å². The summed E-state index contributed by atoms with van der Waals surface area (Å²) < 4.78 is 40.6. The van der Waals surface area contributed by atoms with Gasteiger partial charge in [-0.05, 0) is 31.9 Å². The first kappa shape index (κ1) is 21.2. The van der Waals surface area contributed by atoms with Crippen LogP contribution < -0.4 is 5.32 Å². The van der Waals surface area contributed by atoms with E-state index in [0.717, 1.165) is 31.7 Å². The Morgan fingerprint density at radius 3 is 2.29 bits per heavy atom. The monoisotopic (exact) mass is 411 g/mol. The van der Waals surface area contributed by atoms with Crippen LogP contribution in [0, 0.1) is 5.82 Å². The van der Waals surface area contributed by atoms with Gasteiger partial charge in [0.2, 0.25) is 15.9 Å². The molecule has 28 heavy (non-hydrogen) atoms. The van der Waals surface area contributed by atoms with Gasteiger partial charge < -0.3 is 5.32 Å². The summed E-state index contributed by atoms with van der Waals surface area (Å²) in [6, 6.07) is 5.39. The van der Waals surface area contributed by atoms with Gasteiger partial charge in [-0.25, -0.2) is 12.8 Å². The van der Waals surface area contributed by atoms with Crippen molar-refractivity contribution in [1.29, 1.82) is 0 Å². The summed E-state index contributed by atoms with van der Waals surface area (Å²) in [6.07, 6.45) is 6.86. The maximum Gasteiger partial charge on any atom is 0.246 e. The summed E-state index contributed by atoms with van der Waals surface area (Å²) in [5.74, 6) is -0.724. The molecule has 1 saturated carbocycles. The van der Waals surface area contributed by atoms with Gasteiger partial charge in [-0.1, -0.05) is 37.8 Å². The third kappa shape index (κ3) is 4.90. The Morgan fingerprint density at radius 2 is 1.68 bits per heavy atom. The van der Waals surface area contributed by atoms with E-state index in [0.29, 0.717) is 13.1 Å². The number of halogens is 1. The molecule has 1 heterocycles. The smallest absolute Gasteiger partial charge is 0.246 e. The molecular weight excluding hydrogens is 381 g/mol. The number of rotatable bonds is 5. The summed E-state index contributed by atoms with van der Waals surface area (Å²) in [6.45, 7) is 3.27. The fourth-order valence-corrected chi connectivity index (χ4v) is 5.52. The number of carbonyl (C=O) groups excluding carboxylic acids is 1. The van der Waals surface area contributed by atoms with Crippen molar-refractivity contribution in [2.75, 3.05) is 26.2 Å². The van der Waals surface area contributed by atoms with Crippen molar-refractivity contribution in [2.45, 2.75) is 62.4 Å². The summed E-state index contributed by atoms with van der Waals surface area (Å²) in [5, 5.41) is 3.17. The van der Waals surface area contributed by atoms with Gasteiger partial charge in [0.25, 0.3) is 0 Å². The van der Waals surface area contributed by atoms with Crippen molar-refractivity contribution in [3.8, 4) is 0 Å². The minimum atomic E-state index is -3.86. The summed E-state index contributed by atoms with van der Waals surface area (Å²) in [7, 11) is -3.86. The molecule has 3 rings (SSSR count). The number of hydrogen-bond donors (Lipinski definition) is 1. The van der Waals surface area contributed by atoms with Crippen LogP contribution in [-0.4, -0.2) is 61.8 Å². The Morgan fingerprint density at radius 1 is 1.07 bits per heavy atom. The maximum absolute atomic E-state index is 13.9. The van der Waals surface area contributed by atoms with Crippen LogP contribution in [0.1, 0.15) is 45.4 Å². The molecule has 1 aliphatic carbocycles. The molecule has 156 valence electrons. The number of sulfonamides is 1. The van der Waals surface area contributed by atoms with Crippen molar-refractivity contribution in [3.05, 3.63) is 30.1 Å². The predicted octanol–water partition coefficient (Wildman–Crippen LogP) is 2.36. The first-order valence-electron chi connectivity index (χ1n) is 10.2. The fraction of sp³-hybridized carbons (Fsp3) is 0.650. The van der Waals surface area contributed by atoms with Crippen LogP contribution in [0.25, 0.3) is 0 Å². The van der Waals surface area contributed by atoms with E-state index in [1.165, 1.54) is 35.3 Å². The van der Waals surface area contributed by atoms with E-state index in [-0.39, 0.29) is 36.0 Å². The molecule has 1 amide bonds. The molecule has 0 spiro atoms. The molecule has 0 radical (unpaired) electrons. The largest absolute Gasteiger partial charge is 0.352 e. The lowest BCUT2D eigenvalue weighted by Gasteiger charge is -2.37. The van der Waals surface area contributed by atoms with Crippen LogP contribution in [0.15, 0.2) is 29.2 Å². The van der Waals surface area contributed by atoms with Crippen LogP contribution in [0.3, 0.4) is 0 Å². The van der Waals surface area contributed by atoms with Crippen molar-refractivity contribution in [2.24, 2.45) is 0 Å². The van der Waals surface area contributed by atoms with Crippen molar-refractivity contribution in [3.63, 3.8) is 0 Å². The molecule has 1 aliphatic heterocycles. The maximum atomic E-state index is 13.9. The quantitative estimate of drug-likeness (QED) is 0.756. The molecule has 1 aromatic rings. The highest BCUT2D eigenvalue weighted by Crippen LogP contribution is 2.21. The van der Waals surface area contributed by atoms with E-state index in [1.54, 1.807) is 0 Å². The molecule has 2 aliphatic rings. The Kier molecular flexibility index (Phi) is 7.06. The molecule has 0 aromatic heterocycles. The number of piperazine rings is 1. The highest BCUT2D eigenvalue weighted by molar-refractivity contribution is 7.89. The summed E-state index contributed by atoms with van der Waals surface area (Å²) in [4.78, 5) is 14.3. The number of nitrogens with one attached hydrogen (secondary N) is 1. The second-order valence-electron chi connectivity index (χ2n) is 7.74. The molecule has 1 aromatic carbocycles. The Balaban J connectivity index is 1.55. The Labute approximate surface area is 167 Å². The van der Waals surface area contributed by atoms with Gasteiger partial charge in [0.1, 0.15) is 10.7 Å². The second kappa shape index (κ2) is 9.33. The summed E-state index contributed by atoms with van der Waals surface area (Å²) in [5.41, 5.74) is 0. The zero-order valence-electron chi connectivity index (χ0n) is 16.4. The first-order valence-corrected chi connectivity index (χ1v) is 11.6. The van der Waals surface area contributed by atoms with Gasteiger partial charge in [-0.3, -0.25) is 9.69 Å².